The van der Waals surface area contributed by atoms with E-state index in [9.17, 15) is 9.59 Å². The summed E-state index contributed by atoms with van der Waals surface area (Å²) in [6.07, 6.45) is 0. The molecule has 0 atom stereocenters. The zero-order chi connectivity index (χ0) is 22.4. The van der Waals surface area contributed by atoms with Crippen LogP contribution in [0.3, 0.4) is 0 Å². The van der Waals surface area contributed by atoms with Crippen molar-refractivity contribution in [3.05, 3.63) is 70.6 Å². The van der Waals surface area contributed by atoms with Gasteiger partial charge in [-0.2, -0.15) is 0 Å². The molecule has 0 unspecified atom stereocenters. The van der Waals surface area contributed by atoms with Gasteiger partial charge in [-0.1, -0.05) is 11.2 Å². The zero-order valence-corrected chi connectivity index (χ0v) is 17.8. The number of ketones is 1. The molecule has 2 aromatic carbocycles. The Labute approximate surface area is 179 Å². The molecule has 0 aliphatic rings. The van der Waals surface area contributed by atoms with E-state index >= 15 is 0 Å². The average molecular weight is 425 g/mol. The maximum Gasteiger partial charge on any atom is 0.338 e. The summed E-state index contributed by atoms with van der Waals surface area (Å²) in [5.74, 6) is 1.04. The molecule has 1 aromatic heterocycles. The van der Waals surface area contributed by atoms with Crippen molar-refractivity contribution in [3.63, 3.8) is 0 Å². The van der Waals surface area contributed by atoms with Gasteiger partial charge in [-0.25, -0.2) is 4.79 Å². The summed E-state index contributed by atoms with van der Waals surface area (Å²) in [7, 11) is 2.97. The first-order valence-corrected chi connectivity index (χ1v) is 9.50. The number of aromatic nitrogens is 1. The van der Waals surface area contributed by atoms with E-state index < -0.39 is 18.4 Å². The van der Waals surface area contributed by atoms with Crippen LogP contribution in [0, 0.1) is 13.8 Å². The van der Waals surface area contributed by atoms with Crippen molar-refractivity contribution in [1.82, 2.24) is 5.16 Å². The highest BCUT2D eigenvalue weighted by molar-refractivity contribution is 6.01. The fourth-order valence-corrected chi connectivity index (χ4v) is 2.90. The normalized spacial score (nSPS) is 10.5. The number of nitrogens with zero attached hydrogens (tertiary/aromatic N) is 1. The molecule has 0 radical (unpaired) electrons. The van der Waals surface area contributed by atoms with Crippen LogP contribution in [0.5, 0.6) is 17.2 Å². The van der Waals surface area contributed by atoms with E-state index in [1.807, 2.05) is 6.92 Å². The average Bonchev–Trinajstić information content (AvgIpc) is 3.12. The van der Waals surface area contributed by atoms with Gasteiger partial charge in [0.15, 0.2) is 6.61 Å². The number of carbonyl (C=O) groups is 2. The Kier molecular flexibility index (Phi) is 6.92. The molecular weight excluding hydrogens is 402 g/mol. The second-order valence-electron chi connectivity index (χ2n) is 6.68. The van der Waals surface area contributed by atoms with Gasteiger partial charge in [0.25, 0.3) is 0 Å². The number of carbonyl (C=O) groups excluding carboxylic acids is 2. The largest absolute Gasteiger partial charge is 0.497 e. The summed E-state index contributed by atoms with van der Waals surface area (Å²) in [5, 5.41) is 3.89. The van der Waals surface area contributed by atoms with Crippen LogP contribution in [0.15, 0.2) is 47.0 Å². The molecular formula is C23H23NO7. The Balaban J connectivity index is 1.62. The van der Waals surface area contributed by atoms with Crippen LogP contribution in [-0.4, -0.2) is 37.7 Å². The maximum atomic E-state index is 12.5. The van der Waals surface area contributed by atoms with Crippen molar-refractivity contribution in [2.75, 3.05) is 20.8 Å². The Morgan fingerprint density at radius 2 is 1.81 bits per heavy atom. The van der Waals surface area contributed by atoms with Crippen LogP contribution in [0.25, 0.3) is 0 Å². The minimum Gasteiger partial charge on any atom is -0.497 e. The van der Waals surface area contributed by atoms with E-state index in [1.54, 1.807) is 49.4 Å². The van der Waals surface area contributed by atoms with Crippen molar-refractivity contribution in [1.29, 1.82) is 0 Å². The lowest BCUT2D eigenvalue weighted by Gasteiger charge is -2.10. The van der Waals surface area contributed by atoms with Crippen molar-refractivity contribution in [2.45, 2.75) is 20.5 Å². The molecule has 0 amide bonds. The highest BCUT2D eigenvalue weighted by atomic mass is 16.5. The van der Waals surface area contributed by atoms with Crippen LogP contribution in [-0.2, 0) is 11.3 Å². The van der Waals surface area contributed by atoms with Crippen molar-refractivity contribution in [2.24, 2.45) is 0 Å². The fraction of sp³-hybridized carbons (Fsp3) is 0.261. The molecule has 0 aliphatic heterocycles. The summed E-state index contributed by atoms with van der Waals surface area (Å²) in [4.78, 5) is 24.9. The number of ether oxygens (including phenoxy) is 4. The number of hydrogen-bond donors (Lipinski definition) is 0. The van der Waals surface area contributed by atoms with Crippen LogP contribution in [0.1, 0.15) is 37.7 Å². The van der Waals surface area contributed by atoms with Crippen molar-refractivity contribution >= 4 is 11.8 Å². The maximum absolute atomic E-state index is 12.5. The molecule has 31 heavy (non-hydrogen) atoms. The fourth-order valence-electron chi connectivity index (χ4n) is 2.90. The molecule has 0 saturated heterocycles. The first-order valence-electron chi connectivity index (χ1n) is 9.50. The molecule has 0 saturated carbocycles. The van der Waals surface area contributed by atoms with Gasteiger partial charge < -0.3 is 23.5 Å². The molecule has 162 valence electrons. The smallest absolute Gasteiger partial charge is 0.338 e. The summed E-state index contributed by atoms with van der Waals surface area (Å²) in [5.41, 5.74) is 2.17. The minimum atomic E-state index is -0.636. The van der Waals surface area contributed by atoms with E-state index in [-0.39, 0.29) is 12.2 Å². The molecule has 3 aromatic rings. The molecule has 3 rings (SSSR count). The molecule has 0 spiro atoms. The topological polar surface area (TPSA) is 97.1 Å². The molecule has 0 N–H and O–H groups in total. The summed E-state index contributed by atoms with van der Waals surface area (Å²) in [6, 6.07) is 11.3. The van der Waals surface area contributed by atoms with E-state index in [0.717, 1.165) is 11.3 Å². The SMILES string of the molecule is COc1ccc(C(=O)COC(=O)c2cccc(OCc3c(C)noc3C)c2)c(OC)c1. The van der Waals surface area contributed by atoms with Gasteiger partial charge in [-0.05, 0) is 44.2 Å². The van der Waals surface area contributed by atoms with Crippen LogP contribution >= 0.6 is 0 Å². The van der Waals surface area contributed by atoms with Gasteiger partial charge >= 0.3 is 5.97 Å². The monoisotopic (exact) mass is 425 g/mol. The molecule has 0 fully saturated rings. The molecule has 8 nitrogen and oxygen atoms in total. The van der Waals surface area contributed by atoms with Crippen molar-refractivity contribution in [3.8, 4) is 17.2 Å². The molecule has 0 aliphatic carbocycles. The van der Waals surface area contributed by atoms with Gasteiger partial charge in [0, 0.05) is 6.07 Å². The Bertz CT molecular complexity index is 1070. The lowest BCUT2D eigenvalue weighted by molar-refractivity contribution is 0.0473. The van der Waals surface area contributed by atoms with Gasteiger partial charge in [0.1, 0.15) is 29.6 Å². The second-order valence-corrected chi connectivity index (χ2v) is 6.68. The molecule has 0 bridgehead atoms. The van der Waals surface area contributed by atoms with Gasteiger partial charge in [-0.3, -0.25) is 4.79 Å². The third-order valence-electron chi connectivity index (χ3n) is 4.68. The van der Waals surface area contributed by atoms with Crippen LogP contribution in [0.2, 0.25) is 0 Å². The van der Waals surface area contributed by atoms with E-state index in [1.165, 1.54) is 14.2 Å². The van der Waals surface area contributed by atoms with E-state index in [2.05, 4.69) is 5.16 Å². The van der Waals surface area contributed by atoms with Crippen LogP contribution in [0.4, 0.5) is 0 Å². The lowest BCUT2D eigenvalue weighted by Crippen LogP contribution is -2.15. The zero-order valence-electron chi connectivity index (χ0n) is 17.8. The standard InChI is InChI=1S/C23H23NO7/c1-14-20(15(2)31-24-14)12-29-18-7-5-6-16(10-18)23(26)30-13-21(25)19-9-8-17(27-3)11-22(19)28-4/h5-11H,12-13H2,1-4H3. The van der Waals surface area contributed by atoms with Gasteiger partial charge in [0.05, 0.1) is 36.6 Å². The molecule has 1 heterocycles. The van der Waals surface area contributed by atoms with Crippen LogP contribution < -0.4 is 14.2 Å². The minimum absolute atomic E-state index is 0.259. The number of hydrogen-bond acceptors (Lipinski definition) is 8. The van der Waals surface area contributed by atoms with E-state index in [4.69, 9.17) is 23.5 Å². The summed E-state index contributed by atoms with van der Waals surface area (Å²) < 4.78 is 26.4. The molecule has 8 heteroatoms. The number of benzene rings is 2. The van der Waals surface area contributed by atoms with Gasteiger partial charge in [0.2, 0.25) is 5.78 Å². The second kappa shape index (κ2) is 9.80. The Morgan fingerprint density at radius 3 is 2.48 bits per heavy atom. The Morgan fingerprint density at radius 1 is 1.00 bits per heavy atom. The Hall–Kier alpha value is -3.81. The number of aryl methyl sites for hydroxylation is 2. The number of esters is 1. The number of methoxy groups -OCH3 is 2. The van der Waals surface area contributed by atoms with Crippen molar-refractivity contribution < 1.29 is 33.1 Å². The number of rotatable bonds is 9. The third-order valence-corrected chi connectivity index (χ3v) is 4.68. The number of Topliss-reactive ketones (excluding diaryl/α,β-unsaturated/α-hetero) is 1. The highest BCUT2D eigenvalue weighted by Gasteiger charge is 2.17. The predicted octanol–water partition coefficient (Wildman–Crippen LogP) is 3.93. The van der Waals surface area contributed by atoms with E-state index in [0.29, 0.717) is 28.6 Å². The summed E-state index contributed by atoms with van der Waals surface area (Å²) in [6.45, 7) is 3.47. The first-order chi connectivity index (χ1) is 14.9. The lowest BCUT2D eigenvalue weighted by atomic mass is 10.1. The first kappa shape index (κ1) is 21.9. The summed E-state index contributed by atoms with van der Waals surface area (Å²) >= 11 is 0. The highest BCUT2D eigenvalue weighted by Crippen LogP contribution is 2.25. The quantitative estimate of drug-likeness (QED) is 0.376. The van der Waals surface area contributed by atoms with Gasteiger partial charge in [-0.15, -0.1) is 0 Å². The third kappa shape index (κ3) is 5.22. The predicted molar refractivity (Wildman–Crippen MR) is 111 cm³/mol.